The smallest absolute Gasteiger partial charge is 0.306 e. The van der Waals surface area contributed by atoms with Gasteiger partial charge in [-0.1, -0.05) is 306 Å². The second-order valence-electron chi connectivity index (χ2n) is 24.8. The molecule has 9 heteroatoms. The molecule has 0 saturated heterocycles. The first-order valence-corrected chi connectivity index (χ1v) is 36.3. The van der Waals surface area contributed by atoms with Crippen LogP contribution < -0.4 is 5.11 Å². The Kier molecular flexibility index (Phi) is 66.4. The number of carbonyl (C=O) groups is 3. The highest BCUT2D eigenvalue weighted by Crippen LogP contribution is 2.17. The van der Waals surface area contributed by atoms with Crippen LogP contribution in [0.15, 0.2) is 170 Å². The van der Waals surface area contributed by atoms with E-state index in [0.717, 1.165) is 109 Å². The van der Waals surface area contributed by atoms with E-state index < -0.39 is 24.3 Å². The molecule has 0 rings (SSSR count). The maximum absolute atomic E-state index is 12.9. The Hall–Kier alpha value is -5.35. The molecule has 0 saturated carbocycles. The van der Waals surface area contributed by atoms with Gasteiger partial charge in [-0.3, -0.25) is 9.59 Å². The summed E-state index contributed by atoms with van der Waals surface area (Å²) < 4.78 is 22.7. The minimum atomic E-state index is -1.65. The summed E-state index contributed by atoms with van der Waals surface area (Å²) in [5.74, 6) is -2.37. The number of allylic oxidation sites excluding steroid dienone is 28. The van der Waals surface area contributed by atoms with Crippen LogP contribution in [0, 0.1) is 0 Å². The van der Waals surface area contributed by atoms with Gasteiger partial charge in [-0.2, -0.15) is 0 Å². The van der Waals surface area contributed by atoms with E-state index in [9.17, 15) is 19.5 Å². The van der Waals surface area contributed by atoms with Crippen LogP contribution in [0.4, 0.5) is 0 Å². The maximum Gasteiger partial charge on any atom is 0.306 e. The van der Waals surface area contributed by atoms with E-state index in [2.05, 4.69) is 184 Å². The number of hydrogen-bond acceptors (Lipinski definition) is 8. The second kappa shape index (κ2) is 70.5. The Morgan fingerprint density at radius 3 is 0.912 bits per heavy atom. The third-order valence-corrected chi connectivity index (χ3v) is 15.0. The van der Waals surface area contributed by atoms with Crippen molar-refractivity contribution in [2.75, 3.05) is 47.5 Å². The van der Waals surface area contributed by atoms with Gasteiger partial charge in [-0.25, -0.2) is 0 Å². The highest BCUT2D eigenvalue weighted by molar-refractivity contribution is 5.70. The summed E-state index contributed by atoms with van der Waals surface area (Å²) in [6, 6.07) is 0. The third-order valence-electron chi connectivity index (χ3n) is 15.0. The molecular formula is C82H133NO8. The molecule has 9 nitrogen and oxygen atoms in total. The number of carbonyl (C=O) groups excluding carboxylic acids is 3. The molecule has 0 spiro atoms. The Morgan fingerprint density at radius 1 is 0.330 bits per heavy atom. The van der Waals surface area contributed by atoms with Gasteiger partial charge in [-0.05, 0) is 122 Å². The average molecular weight is 1260 g/mol. The molecule has 0 N–H and O–H groups in total. The number of unbranched alkanes of at least 4 members (excludes halogenated alkanes) is 22. The SMILES string of the molecule is CC/C=C\C/C=C\C/C=C\C/C=C\C/C=C\C/C=C\C/C=C\C/C=C\C/C=C\CCCC(=O)OC(COC(=O)CCCCCCCCCCCCCCCCCCCCCCC/C=C\C/C=C\C/C=C\C/C=C\C/C=C\CC)COC(OCC[N+](C)(C)C)C(=O)[O-]. The number of aliphatic carboxylic acids is 1. The van der Waals surface area contributed by atoms with Crippen molar-refractivity contribution in [1.82, 2.24) is 0 Å². The van der Waals surface area contributed by atoms with Crippen LogP contribution in [-0.4, -0.2) is 82.3 Å². The summed E-state index contributed by atoms with van der Waals surface area (Å²) in [7, 11) is 5.90. The van der Waals surface area contributed by atoms with Crippen molar-refractivity contribution < 1.29 is 42.9 Å². The molecule has 0 heterocycles. The molecule has 2 atom stereocenters. The van der Waals surface area contributed by atoms with E-state index in [-0.39, 0.29) is 38.6 Å². The molecule has 0 aliphatic heterocycles. The lowest BCUT2D eigenvalue weighted by molar-refractivity contribution is -0.870. The molecule has 0 aromatic carbocycles. The van der Waals surface area contributed by atoms with E-state index in [4.69, 9.17) is 18.9 Å². The van der Waals surface area contributed by atoms with Crippen LogP contribution in [0.5, 0.6) is 0 Å². The Bertz CT molecular complexity index is 2100. The van der Waals surface area contributed by atoms with Crippen molar-refractivity contribution in [3.63, 3.8) is 0 Å². The van der Waals surface area contributed by atoms with Crippen molar-refractivity contribution >= 4 is 17.9 Å². The van der Waals surface area contributed by atoms with Crippen molar-refractivity contribution in [3.05, 3.63) is 170 Å². The molecule has 0 aromatic rings. The largest absolute Gasteiger partial charge is 0.545 e. The fourth-order valence-electron chi connectivity index (χ4n) is 9.51. The number of carboxylic acid groups (broad SMARTS) is 1. The monoisotopic (exact) mass is 1260 g/mol. The van der Waals surface area contributed by atoms with Gasteiger partial charge in [0.05, 0.1) is 40.3 Å². The summed E-state index contributed by atoms with van der Waals surface area (Å²) in [5.41, 5.74) is 0. The lowest BCUT2D eigenvalue weighted by atomic mass is 10.0. The molecule has 0 aliphatic carbocycles. The molecule has 91 heavy (non-hydrogen) atoms. The van der Waals surface area contributed by atoms with Gasteiger partial charge in [0.15, 0.2) is 12.4 Å². The lowest BCUT2D eigenvalue weighted by Crippen LogP contribution is -2.44. The van der Waals surface area contributed by atoms with E-state index in [1.165, 1.54) is 122 Å². The number of rotatable bonds is 65. The molecule has 0 radical (unpaired) electrons. The van der Waals surface area contributed by atoms with Crippen LogP contribution >= 0.6 is 0 Å². The van der Waals surface area contributed by atoms with Crippen LogP contribution in [0.25, 0.3) is 0 Å². The quantitative estimate of drug-likeness (QED) is 0.0195. The molecule has 2 unspecified atom stereocenters. The highest BCUT2D eigenvalue weighted by Gasteiger charge is 2.22. The highest BCUT2D eigenvalue weighted by atomic mass is 16.7. The van der Waals surface area contributed by atoms with Gasteiger partial charge in [0, 0.05) is 12.8 Å². The standard InChI is InChI=1S/C82H133NO8/c1-6-8-10-12-14-16-18-20-22-24-26-28-30-32-34-36-37-38-39-40-41-42-43-45-46-48-50-52-54-56-58-60-62-64-66-68-70-72-79(84)89-76-78(77-90-82(81(86)87)88-75-74-83(3,4)5)91-80(85)73-71-69-67-65-63-61-59-57-55-53-51-49-47-44-35-33-31-29-27-25-23-21-19-17-15-13-11-9-7-2/h8-11,14-17,20-23,26-29,32-35,47,49,53,55,59,61,65,67,78,82H,6-7,12-13,18-19,24-25,30-31,36-46,48,50-52,54,56-58,60,62-64,66,68-77H2,1-5H3/b10-8-,11-9-,16-14-,17-15-,22-20-,23-21-,28-26-,29-27-,34-32-,35-33-,49-47-,55-53-,61-59-,67-65-. The number of nitrogens with zero attached hydrogens (tertiary/aromatic N) is 1. The van der Waals surface area contributed by atoms with Crippen molar-refractivity contribution in [1.29, 1.82) is 0 Å². The zero-order valence-electron chi connectivity index (χ0n) is 58.6. The van der Waals surface area contributed by atoms with Crippen LogP contribution in [0.3, 0.4) is 0 Å². The normalized spacial score (nSPS) is 13.7. The Morgan fingerprint density at radius 2 is 0.604 bits per heavy atom. The molecule has 0 aromatic heterocycles. The summed E-state index contributed by atoms with van der Waals surface area (Å²) in [5, 5.41) is 11.8. The maximum atomic E-state index is 12.9. The lowest BCUT2D eigenvalue weighted by Gasteiger charge is -2.26. The van der Waals surface area contributed by atoms with Crippen LogP contribution in [0.1, 0.15) is 271 Å². The summed E-state index contributed by atoms with van der Waals surface area (Å²) in [6.07, 6.45) is 103. The zero-order chi connectivity index (χ0) is 66.1. The van der Waals surface area contributed by atoms with E-state index in [1.807, 2.05) is 21.1 Å². The molecule has 0 fully saturated rings. The first-order chi connectivity index (χ1) is 44.6. The average Bonchev–Trinajstić information content (AvgIpc) is 3.66. The van der Waals surface area contributed by atoms with Gasteiger partial charge in [0.25, 0.3) is 0 Å². The predicted molar refractivity (Wildman–Crippen MR) is 388 cm³/mol. The number of hydrogen-bond donors (Lipinski definition) is 0. The minimum Gasteiger partial charge on any atom is -0.545 e. The van der Waals surface area contributed by atoms with E-state index >= 15 is 0 Å². The van der Waals surface area contributed by atoms with Crippen LogP contribution in [0.2, 0.25) is 0 Å². The van der Waals surface area contributed by atoms with Crippen molar-refractivity contribution in [3.8, 4) is 0 Å². The molecule has 0 bridgehead atoms. The van der Waals surface area contributed by atoms with E-state index in [1.54, 1.807) is 0 Å². The molecule has 0 amide bonds. The summed E-state index contributed by atoms with van der Waals surface area (Å²) in [4.78, 5) is 37.5. The summed E-state index contributed by atoms with van der Waals surface area (Å²) >= 11 is 0. The molecule has 0 aliphatic rings. The number of ether oxygens (including phenoxy) is 4. The first kappa shape index (κ1) is 85.7. The van der Waals surface area contributed by atoms with Gasteiger partial charge in [0.2, 0.25) is 0 Å². The number of esters is 2. The van der Waals surface area contributed by atoms with Gasteiger partial charge in [-0.15, -0.1) is 0 Å². The van der Waals surface area contributed by atoms with Gasteiger partial charge in [0.1, 0.15) is 13.2 Å². The van der Waals surface area contributed by atoms with Crippen molar-refractivity contribution in [2.45, 2.75) is 283 Å². The third kappa shape index (κ3) is 71.9. The minimum absolute atomic E-state index is 0.129. The number of quaternary nitrogens is 1. The van der Waals surface area contributed by atoms with Gasteiger partial charge < -0.3 is 33.3 Å². The first-order valence-electron chi connectivity index (χ1n) is 36.3. The van der Waals surface area contributed by atoms with Crippen LogP contribution in [-0.2, 0) is 33.3 Å². The second-order valence-corrected chi connectivity index (χ2v) is 24.8. The summed E-state index contributed by atoms with van der Waals surface area (Å²) in [6.45, 7) is 4.45. The van der Waals surface area contributed by atoms with Crippen molar-refractivity contribution in [2.24, 2.45) is 0 Å². The predicted octanol–water partition coefficient (Wildman–Crippen LogP) is 21.7. The number of carboxylic acids is 1. The van der Waals surface area contributed by atoms with E-state index in [0.29, 0.717) is 23.9 Å². The van der Waals surface area contributed by atoms with Gasteiger partial charge >= 0.3 is 11.9 Å². The topological polar surface area (TPSA) is 111 Å². The fourth-order valence-corrected chi connectivity index (χ4v) is 9.51. The number of likely N-dealkylation sites (N-methyl/N-ethyl adjacent to an activating group) is 1. The fraction of sp³-hybridized carbons (Fsp3) is 0.622. The Labute approximate surface area is 558 Å². The molecular weight excluding hydrogens is 1130 g/mol. The zero-order valence-corrected chi connectivity index (χ0v) is 58.6. The Balaban J connectivity index is 4.17. The molecule has 514 valence electrons.